The molecule has 174 valence electrons. The van der Waals surface area contributed by atoms with E-state index in [1.165, 1.54) is 18.4 Å². The van der Waals surface area contributed by atoms with Crippen LogP contribution in [0, 0.1) is 6.92 Å². The molecule has 4 aromatic rings. The number of methoxy groups -OCH3 is 2. The number of hydrogen-bond donors (Lipinski definition) is 1. The maximum atomic E-state index is 13.6. The van der Waals surface area contributed by atoms with Crippen LogP contribution in [0.3, 0.4) is 0 Å². The number of benzene rings is 3. The van der Waals surface area contributed by atoms with Gasteiger partial charge in [-0.3, -0.25) is 4.79 Å². The molecule has 0 bridgehead atoms. The second-order valence-electron chi connectivity index (χ2n) is 7.50. The molecular weight excluding hydrogens is 450 g/mol. The van der Waals surface area contributed by atoms with Crippen molar-refractivity contribution in [1.29, 1.82) is 0 Å². The molecule has 0 aliphatic rings. The van der Waals surface area contributed by atoms with Crippen LogP contribution in [-0.2, 0) is 4.74 Å². The fourth-order valence-corrected chi connectivity index (χ4v) is 5.02. The molecule has 34 heavy (non-hydrogen) atoms. The number of rotatable bonds is 7. The molecule has 0 unspecified atom stereocenters. The molecule has 1 aromatic heterocycles. The molecule has 7 heteroatoms. The van der Waals surface area contributed by atoms with E-state index < -0.39 is 5.97 Å². The van der Waals surface area contributed by atoms with E-state index in [0.717, 1.165) is 26.8 Å². The summed E-state index contributed by atoms with van der Waals surface area (Å²) >= 11 is 1.33. The Balaban J connectivity index is 1.81. The fourth-order valence-electron chi connectivity index (χ4n) is 3.96. The van der Waals surface area contributed by atoms with Crippen molar-refractivity contribution in [2.75, 3.05) is 26.1 Å². The molecule has 0 aliphatic carbocycles. The summed E-state index contributed by atoms with van der Waals surface area (Å²) in [6.45, 7) is 4.21. The summed E-state index contributed by atoms with van der Waals surface area (Å²) < 4.78 is 16.1. The number of ether oxygens (including phenoxy) is 3. The quantitative estimate of drug-likeness (QED) is 0.317. The smallest absolute Gasteiger partial charge is 0.341 e. The molecule has 4 rings (SSSR count). The van der Waals surface area contributed by atoms with Crippen LogP contribution in [0.25, 0.3) is 21.9 Å². The molecule has 6 nitrogen and oxygen atoms in total. The summed E-state index contributed by atoms with van der Waals surface area (Å²) in [5, 5.41) is 5.08. The van der Waals surface area contributed by atoms with Crippen LogP contribution >= 0.6 is 11.3 Å². The Morgan fingerprint density at radius 1 is 0.941 bits per heavy atom. The number of carbonyl (C=O) groups is 2. The molecule has 0 spiro atoms. The molecule has 0 saturated heterocycles. The van der Waals surface area contributed by atoms with Gasteiger partial charge in [0.1, 0.15) is 22.1 Å². The van der Waals surface area contributed by atoms with Gasteiger partial charge in [0.15, 0.2) is 0 Å². The first kappa shape index (κ1) is 23.3. The van der Waals surface area contributed by atoms with Crippen LogP contribution < -0.4 is 14.8 Å². The normalized spacial score (nSPS) is 10.7. The van der Waals surface area contributed by atoms with Gasteiger partial charge in [-0.1, -0.05) is 42.5 Å². The number of aryl methyl sites for hydroxylation is 1. The second kappa shape index (κ2) is 9.97. The van der Waals surface area contributed by atoms with Crippen molar-refractivity contribution in [3.63, 3.8) is 0 Å². The van der Waals surface area contributed by atoms with Crippen molar-refractivity contribution in [3.8, 4) is 22.6 Å². The van der Waals surface area contributed by atoms with Crippen molar-refractivity contribution in [3.05, 3.63) is 76.7 Å². The molecule has 0 radical (unpaired) electrons. The SMILES string of the molecule is CCOc1ccc2ccccc2c1C(=O)Nc1sc(C)c(-c2ccc(OC)cc2)c1C(=O)OC. The Labute approximate surface area is 202 Å². The number of fused-ring (bicyclic) bond motifs is 1. The standard InChI is InChI=1S/C27H25NO5S/c1-5-33-21-15-12-17-8-6-7-9-20(17)23(21)25(29)28-26-24(27(30)32-4)22(16(2)34-26)18-10-13-19(31-3)14-11-18/h6-15H,5H2,1-4H3,(H,28,29). The van der Waals surface area contributed by atoms with E-state index in [1.807, 2.05) is 68.4 Å². The van der Waals surface area contributed by atoms with E-state index in [1.54, 1.807) is 13.2 Å². The molecule has 0 fully saturated rings. The summed E-state index contributed by atoms with van der Waals surface area (Å²) in [6, 6.07) is 18.8. The van der Waals surface area contributed by atoms with Gasteiger partial charge in [-0.15, -0.1) is 11.3 Å². The number of carbonyl (C=O) groups excluding carboxylic acids is 2. The van der Waals surface area contributed by atoms with Gasteiger partial charge >= 0.3 is 5.97 Å². The van der Waals surface area contributed by atoms with Crippen LogP contribution in [0.5, 0.6) is 11.5 Å². The summed E-state index contributed by atoms with van der Waals surface area (Å²) in [5.74, 6) is 0.326. The zero-order valence-corrected chi connectivity index (χ0v) is 20.2. The third kappa shape index (κ3) is 4.34. The first-order valence-corrected chi connectivity index (χ1v) is 11.6. The molecule has 1 N–H and O–H groups in total. The minimum absolute atomic E-state index is 0.321. The number of amides is 1. The Kier molecular flexibility index (Phi) is 6.84. The lowest BCUT2D eigenvalue weighted by molar-refractivity contribution is 0.0603. The molecule has 0 saturated carbocycles. The van der Waals surface area contributed by atoms with Crippen molar-refractivity contribution < 1.29 is 23.8 Å². The van der Waals surface area contributed by atoms with Gasteiger partial charge in [-0.2, -0.15) is 0 Å². The predicted octanol–water partition coefficient (Wildman–Crippen LogP) is 6.32. The Morgan fingerprint density at radius 2 is 1.68 bits per heavy atom. The monoisotopic (exact) mass is 475 g/mol. The summed E-state index contributed by atoms with van der Waals surface area (Å²) in [5.41, 5.74) is 2.29. The molecular formula is C27H25NO5S. The molecule has 1 heterocycles. The highest BCUT2D eigenvalue weighted by Crippen LogP contribution is 2.41. The number of anilines is 1. The molecule has 1 amide bonds. The highest BCUT2D eigenvalue weighted by molar-refractivity contribution is 7.17. The topological polar surface area (TPSA) is 73.9 Å². The van der Waals surface area contributed by atoms with Crippen LogP contribution in [0.4, 0.5) is 5.00 Å². The summed E-state index contributed by atoms with van der Waals surface area (Å²) in [7, 11) is 2.93. The van der Waals surface area contributed by atoms with Gasteiger partial charge in [-0.25, -0.2) is 4.79 Å². The van der Waals surface area contributed by atoms with Crippen LogP contribution in [0.1, 0.15) is 32.5 Å². The largest absolute Gasteiger partial charge is 0.497 e. The number of nitrogens with one attached hydrogen (secondary N) is 1. The van der Waals surface area contributed by atoms with E-state index in [2.05, 4.69) is 5.32 Å². The molecule has 0 atom stereocenters. The van der Waals surface area contributed by atoms with Crippen molar-refractivity contribution in [2.24, 2.45) is 0 Å². The molecule has 0 aliphatic heterocycles. The lowest BCUT2D eigenvalue weighted by atomic mass is 10.0. The Morgan fingerprint density at radius 3 is 2.35 bits per heavy atom. The lowest BCUT2D eigenvalue weighted by Gasteiger charge is -2.14. The average Bonchev–Trinajstić information content (AvgIpc) is 3.18. The Bertz CT molecular complexity index is 1360. The van der Waals surface area contributed by atoms with Gasteiger partial charge in [0.05, 0.1) is 26.4 Å². The van der Waals surface area contributed by atoms with Gasteiger partial charge in [0.2, 0.25) is 0 Å². The minimum atomic E-state index is -0.520. The zero-order valence-electron chi connectivity index (χ0n) is 19.4. The van der Waals surface area contributed by atoms with E-state index in [9.17, 15) is 9.59 Å². The highest BCUT2D eigenvalue weighted by atomic mass is 32.1. The molecule has 3 aromatic carbocycles. The highest BCUT2D eigenvalue weighted by Gasteiger charge is 2.27. The maximum Gasteiger partial charge on any atom is 0.341 e. The summed E-state index contributed by atoms with van der Waals surface area (Å²) in [6.07, 6.45) is 0. The average molecular weight is 476 g/mol. The number of hydrogen-bond acceptors (Lipinski definition) is 6. The van der Waals surface area contributed by atoms with Crippen molar-refractivity contribution in [1.82, 2.24) is 0 Å². The lowest BCUT2D eigenvalue weighted by Crippen LogP contribution is -2.16. The van der Waals surface area contributed by atoms with E-state index in [0.29, 0.717) is 34.2 Å². The maximum absolute atomic E-state index is 13.6. The summed E-state index contributed by atoms with van der Waals surface area (Å²) in [4.78, 5) is 27.3. The van der Waals surface area contributed by atoms with Gasteiger partial charge in [-0.05, 0) is 48.4 Å². The van der Waals surface area contributed by atoms with Gasteiger partial charge in [0, 0.05) is 10.4 Å². The van der Waals surface area contributed by atoms with Crippen molar-refractivity contribution in [2.45, 2.75) is 13.8 Å². The van der Waals surface area contributed by atoms with E-state index in [4.69, 9.17) is 14.2 Å². The van der Waals surface area contributed by atoms with E-state index >= 15 is 0 Å². The fraction of sp³-hybridized carbons (Fsp3) is 0.185. The second-order valence-corrected chi connectivity index (χ2v) is 8.73. The van der Waals surface area contributed by atoms with E-state index in [-0.39, 0.29) is 5.91 Å². The van der Waals surface area contributed by atoms with Crippen LogP contribution in [-0.4, -0.2) is 32.7 Å². The van der Waals surface area contributed by atoms with Gasteiger partial charge in [0.25, 0.3) is 5.91 Å². The van der Waals surface area contributed by atoms with Crippen LogP contribution in [0.2, 0.25) is 0 Å². The Hall–Kier alpha value is -3.84. The number of esters is 1. The first-order valence-electron chi connectivity index (χ1n) is 10.8. The minimum Gasteiger partial charge on any atom is -0.497 e. The third-order valence-electron chi connectivity index (χ3n) is 5.50. The third-order valence-corrected chi connectivity index (χ3v) is 6.52. The number of thiophene rings is 1. The van der Waals surface area contributed by atoms with Crippen molar-refractivity contribution >= 4 is 39.0 Å². The van der Waals surface area contributed by atoms with Crippen LogP contribution in [0.15, 0.2) is 60.7 Å². The van der Waals surface area contributed by atoms with Gasteiger partial charge < -0.3 is 19.5 Å². The zero-order chi connectivity index (χ0) is 24.2. The first-order chi connectivity index (χ1) is 16.5. The predicted molar refractivity (Wildman–Crippen MR) is 135 cm³/mol.